The van der Waals surface area contributed by atoms with Crippen LogP contribution < -0.4 is 4.74 Å². The van der Waals surface area contributed by atoms with Gasteiger partial charge in [0.25, 0.3) is 0 Å². The van der Waals surface area contributed by atoms with Gasteiger partial charge in [-0.1, -0.05) is 125 Å². The summed E-state index contributed by atoms with van der Waals surface area (Å²) in [5, 5.41) is 7.76. The van der Waals surface area contributed by atoms with Gasteiger partial charge in [0, 0.05) is 5.39 Å². The van der Waals surface area contributed by atoms with Crippen molar-refractivity contribution >= 4 is 32.3 Å². The summed E-state index contributed by atoms with van der Waals surface area (Å²) >= 11 is 0. The molecule has 0 amide bonds. The summed E-state index contributed by atoms with van der Waals surface area (Å²) in [4.78, 5) is 0. The van der Waals surface area contributed by atoms with E-state index in [4.69, 9.17) is 4.74 Å². The molecule has 0 bridgehead atoms. The molecule has 0 atom stereocenters. The Morgan fingerprint density at radius 3 is 1.52 bits per heavy atom. The van der Waals surface area contributed by atoms with Crippen LogP contribution in [0, 0.1) is 0 Å². The summed E-state index contributed by atoms with van der Waals surface area (Å²) in [7, 11) is 0. The summed E-state index contributed by atoms with van der Waals surface area (Å²) in [6, 6.07) is 24.0. The molecule has 0 radical (unpaired) electrons. The molecular formula is C30H36O. The van der Waals surface area contributed by atoms with E-state index >= 15 is 0 Å². The smallest absolute Gasteiger partial charge is 0.127 e. The Morgan fingerprint density at radius 2 is 0.935 bits per heavy atom. The van der Waals surface area contributed by atoms with Crippen LogP contribution in [0.25, 0.3) is 32.3 Å². The van der Waals surface area contributed by atoms with Crippen molar-refractivity contribution in [3.05, 3.63) is 66.7 Å². The summed E-state index contributed by atoms with van der Waals surface area (Å²) in [5.74, 6) is 1.02. The van der Waals surface area contributed by atoms with E-state index in [1.165, 1.54) is 90.1 Å². The Kier molecular flexibility index (Phi) is 7.82. The standard InChI is InChI=1S/C30H36O/c1-2-3-4-5-6-7-8-9-10-15-23-31-29-22-16-21-28-26-18-12-11-17-24(26)25-19-13-14-20-27(25)30(28)29/h11-14,16-22H,2-10,15,23H2,1H3. The lowest BCUT2D eigenvalue weighted by Gasteiger charge is -2.14. The first-order chi connectivity index (χ1) is 15.4. The summed E-state index contributed by atoms with van der Waals surface area (Å²) in [5.41, 5.74) is 0. The molecule has 4 aromatic carbocycles. The first kappa shape index (κ1) is 21.7. The van der Waals surface area contributed by atoms with Gasteiger partial charge in [-0.3, -0.25) is 0 Å². The van der Waals surface area contributed by atoms with E-state index in [9.17, 15) is 0 Å². The number of hydrogen-bond donors (Lipinski definition) is 0. The van der Waals surface area contributed by atoms with Crippen LogP contribution in [-0.2, 0) is 0 Å². The third-order valence-electron chi connectivity index (χ3n) is 6.49. The number of benzene rings is 4. The molecule has 0 aromatic heterocycles. The van der Waals surface area contributed by atoms with Crippen LogP contribution in [0.3, 0.4) is 0 Å². The fraction of sp³-hybridized carbons (Fsp3) is 0.400. The maximum absolute atomic E-state index is 6.35. The van der Waals surface area contributed by atoms with Crippen LogP contribution in [0.1, 0.15) is 71.1 Å². The Bertz CT molecular complexity index is 1070. The topological polar surface area (TPSA) is 9.23 Å². The van der Waals surface area contributed by atoms with Crippen molar-refractivity contribution in [2.75, 3.05) is 6.61 Å². The van der Waals surface area contributed by atoms with Gasteiger partial charge >= 0.3 is 0 Å². The second-order valence-corrected chi connectivity index (χ2v) is 8.80. The van der Waals surface area contributed by atoms with Gasteiger partial charge in [-0.2, -0.15) is 0 Å². The SMILES string of the molecule is CCCCCCCCCCCCOc1cccc2c3ccccc3c3ccccc3c12. The maximum atomic E-state index is 6.35. The molecular weight excluding hydrogens is 376 g/mol. The fourth-order valence-electron chi connectivity index (χ4n) is 4.81. The van der Waals surface area contributed by atoms with Crippen molar-refractivity contribution in [2.24, 2.45) is 0 Å². The second-order valence-electron chi connectivity index (χ2n) is 8.80. The van der Waals surface area contributed by atoms with Crippen molar-refractivity contribution in [1.29, 1.82) is 0 Å². The Labute approximate surface area is 187 Å². The minimum absolute atomic E-state index is 0.802. The van der Waals surface area contributed by atoms with Gasteiger partial charge in [0.1, 0.15) is 5.75 Å². The lowest BCUT2D eigenvalue weighted by atomic mass is 9.94. The normalized spacial score (nSPS) is 11.5. The van der Waals surface area contributed by atoms with Crippen molar-refractivity contribution in [2.45, 2.75) is 71.1 Å². The summed E-state index contributed by atoms with van der Waals surface area (Å²) in [6.45, 7) is 3.09. The van der Waals surface area contributed by atoms with Gasteiger partial charge in [0.15, 0.2) is 0 Å². The molecule has 162 valence electrons. The van der Waals surface area contributed by atoms with Gasteiger partial charge in [-0.05, 0) is 39.4 Å². The Morgan fingerprint density at radius 1 is 0.484 bits per heavy atom. The molecule has 4 aromatic rings. The molecule has 4 rings (SSSR count). The van der Waals surface area contributed by atoms with Crippen LogP contribution >= 0.6 is 0 Å². The monoisotopic (exact) mass is 412 g/mol. The first-order valence-corrected chi connectivity index (χ1v) is 12.3. The lowest BCUT2D eigenvalue weighted by Crippen LogP contribution is -1.98. The van der Waals surface area contributed by atoms with Crippen LogP contribution in [0.2, 0.25) is 0 Å². The van der Waals surface area contributed by atoms with E-state index in [0.717, 1.165) is 18.8 Å². The van der Waals surface area contributed by atoms with Crippen LogP contribution in [0.5, 0.6) is 5.75 Å². The first-order valence-electron chi connectivity index (χ1n) is 12.3. The van der Waals surface area contributed by atoms with E-state index in [-0.39, 0.29) is 0 Å². The van der Waals surface area contributed by atoms with Gasteiger partial charge in [0.05, 0.1) is 6.61 Å². The molecule has 0 saturated heterocycles. The van der Waals surface area contributed by atoms with E-state index < -0.39 is 0 Å². The highest BCUT2D eigenvalue weighted by Crippen LogP contribution is 2.39. The minimum Gasteiger partial charge on any atom is -0.493 e. The molecule has 0 N–H and O–H groups in total. The third-order valence-corrected chi connectivity index (χ3v) is 6.49. The molecule has 1 nitrogen and oxygen atoms in total. The molecule has 0 unspecified atom stereocenters. The van der Waals surface area contributed by atoms with Crippen LogP contribution in [-0.4, -0.2) is 6.61 Å². The molecule has 0 aliphatic carbocycles. The predicted molar refractivity (Wildman–Crippen MR) is 136 cm³/mol. The Balaban J connectivity index is 1.39. The van der Waals surface area contributed by atoms with Gasteiger partial charge in [-0.25, -0.2) is 0 Å². The van der Waals surface area contributed by atoms with Crippen LogP contribution in [0.15, 0.2) is 66.7 Å². The summed E-state index contributed by atoms with van der Waals surface area (Å²) in [6.07, 6.45) is 13.5. The van der Waals surface area contributed by atoms with E-state index in [0.29, 0.717) is 0 Å². The van der Waals surface area contributed by atoms with Gasteiger partial charge < -0.3 is 4.74 Å². The predicted octanol–water partition coefficient (Wildman–Crippen LogP) is 9.45. The fourth-order valence-corrected chi connectivity index (χ4v) is 4.81. The zero-order valence-corrected chi connectivity index (χ0v) is 19.0. The maximum Gasteiger partial charge on any atom is 0.127 e. The molecule has 0 spiro atoms. The van der Waals surface area contributed by atoms with Crippen molar-refractivity contribution < 1.29 is 4.74 Å². The van der Waals surface area contributed by atoms with Gasteiger partial charge in [-0.15, -0.1) is 0 Å². The minimum atomic E-state index is 0.802. The summed E-state index contributed by atoms with van der Waals surface area (Å²) < 4.78 is 6.35. The van der Waals surface area contributed by atoms with Crippen LogP contribution in [0.4, 0.5) is 0 Å². The number of fused-ring (bicyclic) bond motifs is 6. The molecule has 0 fully saturated rings. The van der Waals surface area contributed by atoms with Gasteiger partial charge in [0.2, 0.25) is 0 Å². The highest BCUT2D eigenvalue weighted by Gasteiger charge is 2.11. The number of rotatable bonds is 12. The highest BCUT2D eigenvalue weighted by atomic mass is 16.5. The highest BCUT2D eigenvalue weighted by molar-refractivity contribution is 6.26. The Hall–Kier alpha value is -2.54. The van der Waals surface area contributed by atoms with Crippen molar-refractivity contribution in [3.8, 4) is 5.75 Å². The lowest BCUT2D eigenvalue weighted by molar-refractivity contribution is 0.308. The average Bonchev–Trinajstić information content (AvgIpc) is 2.82. The molecule has 1 heteroatoms. The van der Waals surface area contributed by atoms with E-state index in [2.05, 4.69) is 73.7 Å². The largest absolute Gasteiger partial charge is 0.493 e. The molecule has 31 heavy (non-hydrogen) atoms. The zero-order chi connectivity index (χ0) is 21.3. The van der Waals surface area contributed by atoms with Crippen molar-refractivity contribution in [1.82, 2.24) is 0 Å². The van der Waals surface area contributed by atoms with Crippen molar-refractivity contribution in [3.63, 3.8) is 0 Å². The van der Waals surface area contributed by atoms with E-state index in [1.807, 2.05) is 0 Å². The quantitative estimate of drug-likeness (QED) is 0.166. The number of ether oxygens (including phenoxy) is 1. The molecule has 0 aliphatic heterocycles. The third kappa shape index (κ3) is 5.21. The molecule has 0 aliphatic rings. The zero-order valence-electron chi connectivity index (χ0n) is 19.0. The molecule has 0 saturated carbocycles. The van der Waals surface area contributed by atoms with E-state index in [1.54, 1.807) is 0 Å². The number of unbranched alkanes of at least 4 members (excludes halogenated alkanes) is 9. The average molecular weight is 413 g/mol. The second kappa shape index (κ2) is 11.2. The molecule has 0 heterocycles. The number of hydrogen-bond acceptors (Lipinski definition) is 1.